The van der Waals surface area contributed by atoms with Gasteiger partial charge in [-0.05, 0) is 41.5 Å². The molecule has 7 aromatic carbocycles. The van der Waals surface area contributed by atoms with Gasteiger partial charge in [0.15, 0.2) is 40.5 Å². The zero-order valence-corrected chi connectivity index (χ0v) is 29.8. The number of furan rings is 1. The maximum absolute atomic E-state index is 11.1. The Kier molecular flexibility index (Phi) is 7.37. The largest absolute Gasteiger partial charge is 0.504 e. The number of phenols is 8. The molecule has 0 bridgehead atoms. The number of phenolic OH excluding ortho intramolecular Hbond substituents is 8. The Labute approximate surface area is 326 Å². The average molecular weight is 769 g/mol. The summed E-state index contributed by atoms with van der Waals surface area (Å²) in [4.78, 5) is 14.7. The molecule has 0 fully saturated rings. The predicted molar refractivity (Wildman–Crippen MR) is 217 cm³/mol. The second kappa shape index (κ2) is 12.5. The Morgan fingerprint density at radius 1 is 0.379 bits per heavy atom. The van der Waals surface area contributed by atoms with E-state index in [0.717, 1.165) is 21.9 Å². The van der Waals surface area contributed by atoms with Crippen LogP contribution in [0.15, 0.2) is 126 Å². The van der Waals surface area contributed by atoms with Crippen LogP contribution in [0.3, 0.4) is 0 Å². The van der Waals surface area contributed by atoms with E-state index < -0.39 is 56.8 Å². The molecule has 10 aromatic rings. The highest BCUT2D eigenvalue weighted by atomic mass is 16.4. The maximum atomic E-state index is 11.1. The van der Waals surface area contributed by atoms with Crippen LogP contribution in [-0.2, 0) is 0 Å². The number of benzene rings is 7. The molecular formula is C45H28N4O9. The average Bonchev–Trinajstić information content (AvgIpc) is 3.83. The SMILES string of the molecule is Oc1c(O)c(O)c2c(c1O)c1c(O)c(O)c(O)c(O)c1n2-c1cccc(-c2ccc3oc4cccc(-c5nc(-c6ccccc6)nc(-c6ccccc6)n5)c4c3c2)c1. The Balaban J connectivity index is 1.18. The summed E-state index contributed by atoms with van der Waals surface area (Å²) in [6, 6.07) is 37.3. The number of rotatable bonds is 5. The lowest BCUT2D eigenvalue weighted by Gasteiger charge is -2.13. The van der Waals surface area contributed by atoms with Crippen LogP contribution < -0.4 is 0 Å². The number of fused-ring (bicyclic) bond motifs is 6. The van der Waals surface area contributed by atoms with E-state index in [-0.39, 0.29) is 16.7 Å². The zero-order valence-electron chi connectivity index (χ0n) is 29.8. The van der Waals surface area contributed by atoms with Gasteiger partial charge < -0.3 is 49.8 Å². The minimum Gasteiger partial charge on any atom is -0.504 e. The van der Waals surface area contributed by atoms with Gasteiger partial charge in [-0.15, -0.1) is 0 Å². The number of aromatic hydroxyl groups is 8. The normalized spacial score (nSPS) is 11.7. The van der Waals surface area contributed by atoms with E-state index in [4.69, 9.17) is 19.4 Å². The summed E-state index contributed by atoms with van der Waals surface area (Å²) in [6.07, 6.45) is 0. The summed E-state index contributed by atoms with van der Waals surface area (Å²) >= 11 is 0. The van der Waals surface area contributed by atoms with Crippen LogP contribution in [0.2, 0.25) is 0 Å². The molecule has 0 saturated carbocycles. The van der Waals surface area contributed by atoms with Gasteiger partial charge in [-0.25, -0.2) is 15.0 Å². The maximum Gasteiger partial charge on any atom is 0.206 e. The van der Waals surface area contributed by atoms with Gasteiger partial charge in [0.05, 0.1) is 10.8 Å². The molecule has 8 N–H and O–H groups in total. The number of hydrogen-bond donors (Lipinski definition) is 8. The molecule has 0 unspecified atom stereocenters. The molecule has 0 aliphatic carbocycles. The lowest BCUT2D eigenvalue weighted by atomic mass is 10.00. The van der Waals surface area contributed by atoms with Gasteiger partial charge in [0.1, 0.15) is 22.2 Å². The van der Waals surface area contributed by atoms with Crippen molar-refractivity contribution in [2.75, 3.05) is 0 Å². The molecule has 0 saturated heterocycles. The minimum atomic E-state index is -1.10. The van der Waals surface area contributed by atoms with E-state index in [9.17, 15) is 40.9 Å². The smallest absolute Gasteiger partial charge is 0.206 e. The molecule has 0 aliphatic rings. The number of nitrogens with zero attached hydrogens (tertiary/aromatic N) is 4. The van der Waals surface area contributed by atoms with Crippen molar-refractivity contribution in [3.05, 3.63) is 121 Å². The van der Waals surface area contributed by atoms with Crippen LogP contribution in [0.5, 0.6) is 46.0 Å². The van der Waals surface area contributed by atoms with E-state index in [1.807, 2.05) is 103 Å². The van der Waals surface area contributed by atoms with E-state index in [0.29, 0.717) is 45.3 Å². The highest BCUT2D eigenvalue weighted by molar-refractivity contribution is 6.21. The van der Waals surface area contributed by atoms with Gasteiger partial charge in [0.2, 0.25) is 23.0 Å². The molecule has 282 valence electrons. The van der Waals surface area contributed by atoms with Crippen molar-refractivity contribution >= 4 is 43.7 Å². The van der Waals surface area contributed by atoms with Gasteiger partial charge in [0.25, 0.3) is 0 Å². The fraction of sp³-hybridized carbons (Fsp3) is 0. The van der Waals surface area contributed by atoms with Crippen LogP contribution >= 0.6 is 0 Å². The van der Waals surface area contributed by atoms with Gasteiger partial charge in [-0.1, -0.05) is 91.0 Å². The molecule has 3 heterocycles. The summed E-state index contributed by atoms with van der Waals surface area (Å²) in [5.41, 5.74) is 4.41. The summed E-state index contributed by atoms with van der Waals surface area (Å²) in [7, 11) is 0. The second-order valence-corrected chi connectivity index (χ2v) is 13.7. The third-order valence-corrected chi connectivity index (χ3v) is 10.3. The topological polar surface area (TPSA) is 219 Å². The molecule has 0 amide bonds. The molecule has 0 atom stereocenters. The summed E-state index contributed by atoms with van der Waals surface area (Å²) in [5, 5.41) is 86.8. The van der Waals surface area contributed by atoms with Gasteiger partial charge >= 0.3 is 0 Å². The standard InChI is InChI=1S/C45H28N4O9/c50-35-31-32-34(38(53)42(57)40(55)36(32)51)49(33(31)37(52)41(56)39(35)54)25-14-7-13-23(19-25)24-17-18-28-27(20-24)30-26(15-8-16-29(30)58-28)45-47-43(21-9-3-1-4-10-21)46-44(48-45)22-11-5-2-6-12-22/h1-20,50-57H. The molecule has 0 spiro atoms. The Hall–Kier alpha value is -8.45. The third kappa shape index (κ3) is 4.93. The summed E-state index contributed by atoms with van der Waals surface area (Å²) in [6.45, 7) is 0. The fourth-order valence-electron chi connectivity index (χ4n) is 7.60. The highest BCUT2D eigenvalue weighted by Crippen LogP contribution is 2.59. The highest BCUT2D eigenvalue weighted by Gasteiger charge is 2.32. The van der Waals surface area contributed by atoms with E-state index >= 15 is 0 Å². The lowest BCUT2D eigenvalue weighted by molar-refractivity contribution is 0.350. The molecule has 0 radical (unpaired) electrons. The van der Waals surface area contributed by atoms with Crippen LogP contribution in [0.1, 0.15) is 0 Å². The second-order valence-electron chi connectivity index (χ2n) is 13.7. The first-order chi connectivity index (χ1) is 28.1. The van der Waals surface area contributed by atoms with Gasteiger partial charge in [-0.2, -0.15) is 0 Å². The van der Waals surface area contributed by atoms with Crippen LogP contribution in [0, 0.1) is 0 Å². The van der Waals surface area contributed by atoms with Crippen molar-refractivity contribution in [3.8, 4) is 97.0 Å². The van der Waals surface area contributed by atoms with Gasteiger partial charge in [0, 0.05) is 33.2 Å². The first-order valence-corrected chi connectivity index (χ1v) is 17.8. The van der Waals surface area contributed by atoms with E-state index in [1.165, 1.54) is 4.57 Å². The Morgan fingerprint density at radius 3 is 1.47 bits per heavy atom. The molecular weight excluding hydrogens is 741 g/mol. The lowest BCUT2D eigenvalue weighted by Crippen LogP contribution is -2.00. The van der Waals surface area contributed by atoms with Crippen molar-refractivity contribution in [3.63, 3.8) is 0 Å². The van der Waals surface area contributed by atoms with E-state index in [2.05, 4.69) is 0 Å². The molecule has 3 aromatic heterocycles. The molecule has 13 nitrogen and oxygen atoms in total. The first kappa shape index (κ1) is 34.1. The summed E-state index contributed by atoms with van der Waals surface area (Å²) in [5.74, 6) is -6.64. The minimum absolute atomic E-state index is 0.224. The van der Waals surface area contributed by atoms with Gasteiger partial charge in [-0.3, -0.25) is 0 Å². The Bertz CT molecular complexity index is 3190. The zero-order chi connectivity index (χ0) is 40.0. The molecule has 13 heteroatoms. The summed E-state index contributed by atoms with van der Waals surface area (Å²) < 4.78 is 7.51. The monoisotopic (exact) mass is 768 g/mol. The predicted octanol–water partition coefficient (Wildman–Crippen LogP) is 9.18. The molecule has 10 rings (SSSR count). The van der Waals surface area contributed by atoms with Crippen LogP contribution in [0.4, 0.5) is 0 Å². The van der Waals surface area contributed by atoms with Crippen molar-refractivity contribution < 1.29 is 45.3 Å². The molecule has 58 heavy (non-hydrogen) atoms. The van der Waals surface area contributed by atoms with Crippen molar-refractivity contribution in [1.29, 1.82) is 0 Å². The van der Waals surface area contributed by atoms with E-state index in [1.54, 1.807) is 18.2 Å². The fourth-order valence-corrected chi connectivity index (χ4v) is 7.60. The van der Waals surface area contributed by atoms with Crippen molar-refractivity contribution in [2.45, 2.75) is 0 Å². The number of aromatic nitrogens is 4. The Morgan fingerprint density at radius 2 is 0.879 bits per heavy atom. The third-order valence-electron chi connectivity index (χ3n) is 10.3. The van der Waals surface area contributed by atoms with Crippen LogP contribution in [0.25, 0.3) is 94.7 Å². The van der Waals surface area contributed by atoms with Crippen molar-refractivity contribution in [1.82, 2.24) is 19.5 Å². The van der Waals surface area contributed by atoms with Crippen molar-refractivity contribution in [2.24, 2.45) is 0 Å². The quantitative estimate of drug-likeness (QED) is 0.0607. The van der Waals surface area contributed by atoms with Crippen LogP contribution in [-0.4, -0.2) is 60.4 Å². The number of hydrogen-bond acceptors (Lipinski definition) is 12. The first-order valence-electron chi connectivity index (χ1n) is 17.8. The molecule has 0 aliphatic heterocycles.